The van der Waals surface area contributed by atoms with E-state index >= 15 is 0 Å². The maximum Gasteiger partial charge on any atom is 0.308 e. The van der Waals surface area contributed by atoms with Crippen LogP contribution in [0.1, 0.15) is 12.0 Å². The summed E-state index contributed by atoms with van der Waals surface area (Å²) in [6, 6.07) is 16.5. The molecule has 142 valence electrons. The number of thiazole rings is 1. The molecule has 1 heterocycles. The van der Waals surface area contributed by atoms with E-state index in [9.17, 15) is 14.7 Å². The molecule has 0 saturated heterocycles. The second-order valence-electron chi connectivity index (χ2n) is 6.01. The molecule has 0 unspecified atom stereocenters. The van der Waals surface area contributed by atoms with Crippen molar-refractivity contribution in [2.24, 2.45) is 0 Å². The molecule has 0 fully saturated rings. The number of rotatable bonds is 6. The summed E-state index contributed by atoms with van der Waals surface area (Å²) in [5.41, 5.74) is 2.38. The third-order valence-electron chi connectivity index (χ3n) is 3.99. The Balaban J connectivity index is 1.89. The number of nitrogens with zero attached hydrogens (tertiary/aromatic N) is 2. The molecule has 0 radical (unpaired) electrons. The quantitative estimate of drug-likeness (QED) is 0.579. The van der Waals surface area contributed by atoms with Gasteiger partial charge in [-0.2, -0.15) is 0 Å². The van der Waals surface area contributed by atoms with Crippen molar-refractivity contribution in [3.63, 3.8) is 0 Å². The SMILES string of the molecule is CN(C(=O)/C(=C/c1ccccc1)CC(=O)O)c1nc(-c2ccccc2Cl)cs1. The van der Waals surface area contributed by atoms with Crippen LogP contribution in [0.15, 0.2) is 65.6 Å². The third kappa shape index (κ3) is 4.65. The summed E-state index contributed by atoms with van der Waals surface area (Å²) in [5.74, 6) is -1.48. The summed E-state index contributed by atoms with van der Waals surface area (Å²) in [7, 11) is 1.58. The van der Waals surface area contributed by atoms with Gasteiger partial charge >= 0.3 is 5.97 Å². The van der Waals surface area contributed by atoms with Gasteiger partial charge in [-0.25, -0.2) is 4.98 Å². The number of likely N-dealkylation sites (N-methyl/N-ethyl adjacent to an activating group) is 1. The molecule has 0 aliphatic carbocycles. The van der Waals surface area contributed by atoms with Crippen molar-refractivity contribution in [2.75, 3.05) is 11.9 Å². The second kappa shape index (κ2) is 8.82. The number of carbonyl (C=O) groups is 2. The van der Waals surface area contributed by atoms with Crippen LogP contribution >= 0.6 is 22.9 Å². The molecule has 5 nitrogen and oxygen atoms in total. The molecule has 0 bridgehead atoms. The number of aliphatic carboxylic acids is 1. The number of benzene rings is 2. The Morgan fingerprint density at radius 2 is 1.82 bits per heavy atom. The van der Waals surface area contributed by atoms with E-state index in [1.54, 1.807) is 19.2 Å². The van der Waals surface area contributed by atoms with Gasteiger partial charge < -0.3 is 5.11 Å². The van der Waals surface area contributed by atoms with Crippen molar-refractivity contribution in [3.8, 4) is 11.3 Å². The lowest BCUT2D eigenvalue weighted by Crippen LogP contribution is -2.28. The molecule has 3 rings (SSSR count). The smallest absolute Gasteiger partial charge is 0.308 e. The maximum absolute atomic E-state index is 12.9. The van der Waals surface area contributed by atoms with E-state index in [0.29, 0.717) is 15.8 Å². The van der Waals surface area contributed by atoms with Gasteiger partial charge in [0.25, 0.3) is 5.91 Å². The number of anilines is 1. The molecule has 3 aromatic rings. The fourth-order valence-corrected chi connectivity index (χ4v) is 3.64. The monoisotopic (exact) mass is 412 g/mol. The van der Waals surface area contributed by atoms with Crippen molar-refractivity contribution in [1.82, 2.24) is 4.98 Å². The van der Waals surface area contributed by atoms with Gasteiger partial charge in [0.15, 0.2) is 5.13 Å². The minimum Gasteiger partial charge on any atom is -0.481 e. The Kier molecular flexibility index (Phi) is 6.23. The Morgan fingerprint density at radius 3 is 2.50 bits per heavy atom. The highest BCUT2D eigenvalue weighted by Crippen LogP contribution is 2.32. The molecule has 0 saturated carbocycles. The van der Waals surface area contributed by atoms with Crippen LogP contribution in [0.25, 0.3) is 17.3 Å². The predicted octanol–water partition coefficient (Wildman–Crippen LogP) is 4.98. The molecule has 7 heteroatoms. The molecule has 0 spiro atoms. The Bertz CT molecular complexity index is 1030. The molecule has 1 amide bonds. The average molecular weight is 413 g/mol. The van der Waals surface area contributed by atoms with Crippen molar-refractivity contribution >= 4 is 46.0 Å². The lowest BCUT2D eigenvalue weighted by Gasteiger charge is -2.15. The molecular formula is C21H17ClN2O3S. The van der Waals surface area contributed by atoms with Crippen molar-refractivity contribution in [3.05, 3.63) is 76.1 Å². The standard InChI is InChI=1S/C21H17ClN2O3S/c1-24(21-23-18(13-28-21)16-9-5-6-10-17(16)22)20(27)15(12-19(25)26)11-14-7-3-2-4-8-14/h2-11,13H,12H2,1H3,(H,25,26)/b15-11+. The highest BCUT2D eigenvalue weighted by Gasteiger charge is 2.21. The minimum absolute atomic E-state index is 0.177. The number of carbonyl (C=O) groups excluding carboxylic acids is 1. The first-order chi connectivity index (χ1) is 13.5. The van der Waals surface area contributed by atoms with E-state index in [2.05, 4.69) is 4.98 Å². The number of amides is 1. The zero-order valence-electron chi connectivity index (χ0n) is 15.0. The summed E-state index contributed by atoms with van der Waals surface area (Å²) in [6.45, 7) is 0. The Labute approximate surface area is 171 Å². The summed E-state index contributed by atoms with van der Waals surface area (Å²) >= 11 is 7.51. The van der Waals surface area contributed by atoms with Gasteiger partial charge in [-0.15, -0.1) is 11.3 Å². The maximum atomic E-state index is 12.9. The highest BCUT2D eigenvalue weighted by atomic mass is 35.5. The van der Waals surface area contributed by atoms with E-state index in [1.165, 1.54) is 16.2 Å². The minimum atomic E-state index is -1.07. The average Bonchev–Trinajstić information content (AvgIpc) is 3.17. The molecule has 0 aliphatic rings. The van der Waals surface area contributed by atoms with Crippen LogP contribution in [0, 0.1) is 0 Å². The molecule has 28 heavy (non-hydrogen) atoms. The van der Waals surface area contributed by atoms with E-state index in [4.69, 9.17) is 11.6 Å². The first-order valence-corrected chi connectivity index (χ1v) is 9.67. The van der Waals surface area contributed by atoms with Crippen molar-refractivity contribution in [1.29, 1.82) is 0 Å². The Morgan fingerprint density at radius 1 is 1.14 bits per heavy atom. The number of hydrogen-bond acceptors (Lipinski definition) is 4. The van der Waals surface area contributed by atoms with E-state index in [0.717, 1.165) is 11.1 Å². The van der Waals surface area contributed by atoms with Crippen LogP contribution in [-0.4, -0.2) is 29.0 Å². The fraction of sp³-hybridized carbons (Fsp3) is 0.0952. The van der Waals surface area contributed by atoms with Gasteiger partial charge in [0.05, 0.1) is 12.1 Å². The predicted molar refractivity (Wildman–Crippen MR) is 113 cm³/mol. The van der Waals surface area contributed by atoms with Crippen LogP contribution in [0.5, 0.6) is 0 Å². The van der Waals surface area contributed by atoms with Gasteiger partial charge in [0.2, 0.25) is 0 Å². The van der Waals surface area contributed by atoms with Gasteiger partial charge in [-0.3, -0.25) is 14.5 Å². The zero-order valence-corrected chi connectivity index (χ0v) is 16.6. The third-order valence-corrected chi connectivity index (χ3v) is 5.24. The van der Waals surface area contributed by atoms with Crippen molar-refractivity contribution in [2.45, 2.75) is 6.42 Å². The molecule has 2 aromatic carbocycles. The van der Waals surface area contributed by atoms with Crippen LogP contribution < -0.4 is 4.90 Å². The largest absolute Gasteiger partial charge is 0.481 e. The summed E-state index contributed by atoms with van der Waals surface area (Å²) in [5, 5.41) is 12.1. The number of aromatic nitrogens is 1. The lowest BCUT2D eigenvalue weighted by atomic mass is 10.1. The zero-order chi connectivity index (χ0) is 20.1. The fourth-order valence-electron chi connectivity index (χ4n) is 2.61. The molecule has 1 N–H and O–H groups in total. The van der Waals surface area contributed by atoms with Gasteiger partial charge in [0.1, 0.15) is 0 Å². The normalized spacial score (nSPS) is 11.3. The van der Waals surface area contributed by atoms with Crippen LogP contribution in [0.4, 0.5) is 5.13 Å². The number of carboxylic acids is 1. The summed E-state index contributed by atoms with van der Waals surface area (Å²) in [4.78, 5) is 30.0. The number of halogens is 1. The van der Waals surface area contributed by atoms with Crippen LogP contribution in [0.3, 0.4) is 0 Å². The first-order valence-electron chi connectivity index (χ1n) is 8.41. The molecule has 1 aromatic heterocycles. The second-order valence-corrected chi connectivity index (χ2v) is 7.25. The summed E-state index contributed by atoms with van der Waals surface area (Å²) < 4.78 is 0. The Hall–Kier alpha value is -2.96. The van der Waals surface area contributed by atoms with Crippen LogP contribution in [-0.2, 0) is 9.59 Å². The molecular weight excluding hydrogens is 396 g/mol. The van der Waals surface area contributed by atoms with E-state index < -0.39 is 11.9 Å². The molecule has 0 aliphatic heterocycles. The number of hydrogen-bond donors (Lipinski definition) is 1. The topological polar surface area (TPSA) is 70.5 Å². The van der Waals surface area contributed by atoms with E-state index in [-0.39, 0.29) is 12.0 Å². The summed E-state index contributed by atoms with van der Waals surface area (Å²) in [6.07, 6.45) is 1.22. The lowest BCUT2D eigenvalue weighted by molar-refractivity contribution is -0.136. The van der Waals surface area contributed by atoms with Crippen molar-refractivity contribution < 1.29 is 14.7 Å². The van der Waals surface area contributed by atoms with Gasteiger partial charge in [-0.1, -0.05) is 60.1 Å². The van der Waals surface area contributed by atoms with E-state index in [1.807, 2.05) is 53.9 Å². The highest BCUT2D eigenvalue weighted by molar-refractivity contribution is 7.14. The first kappa shape index (κ1) is 19.8. The van der Waals surface area contributed by atoms with Crippen LogP contribution in [0.2, 0.25) is 5.02 Å². The molecule has 0 atom stereocenters. The van der Waals surface area contributed by atoms with Gasteiger partial charge in [0, 0.05) is 28.6 Å². The number of carboxylic acid groups (broad SMARTS) is 1. The van der Waals surface area contributed by atoms with Gasteiger partial charge in [-0.05, 0) is 17.7 Å².